The Kier molecular flexibility index (Phi) is 1.95. The van der Waals surface area contributed by atoms with Gasteiger partial charge in [0.25, 0.3) is 5.24 Å². The van der Waals surface area contributed by atoms with E-state index < -0.39 is 0 Å². The van der Waals surface area contributed by atoms with Gasteiger partial charge in [0.1, 0.15) is 0 Å². The number of carbonyl (C=O) groups excluding carboxylic acids is 1. The maximum Gasteiger partial charge on any atom is 0.254 e. The van der Waals surface area contributed by atoms with Gasteiger partial charge in [-0.15, -0.1) is 0 Å². The Morgan fingerprint density at radius 1 is 1.38 bits per heavy atom. The van der Waals surface area contributed by atoms with Gasteiger partial charge in [0.15, 0.2) is 0 Å². The van der Waals surface area contributed by atoms with Crippen molar-refractivity contribution in [3.05, 3.63) is 22.5 Å². The number of H-pyrrole nitrogens is 1. The molecule has 70 valence electrons. The predicted molar refractivity (Wildman–Crippen MR) is 52.4 cm³/mol. The Morgan fingerprint density at radius 3 is 2.46 bits per heavy atom. The molecule has 1 fully saturated rings. The van der Waals surface area contributed by atoms with Crippen molar-refractivity contribution in [3.63, 3.8) is 0 Å². The summed E-state index contributed by atoms with van der Waals surface area (Å²) in [6, 6.07) is 0. The maximum absolute atomic E-state index is 11.2. The Balaban J connectivity index is 2.56. The van der Waals surface area contributed by atoms with Crippen LogP contribution in [-0.2, 0) is 0 Å². The van der Waals surface area contributed by atoms with Crippen LogP contribution in [0.15, 0.2) is 0 Å². The molecule has 1 N–H and O–H groups in total. The highest BCUT2D eigenvalue weighted by Gasteiger charge is 2.31. The standard InChI is InChI=1S/C10H12ClNO/c1-5-8(7-3-4-7)9(10(11)13)6(2)12-5/h7,12H,3-4H2,1-2H3. The molecule has 0 aliphatic heterocycles. The summed E-state index contributed by atoms with van der Waals surface area (Å²) in [7, 11) is 0. The first-order chi connectivity index (χ1) is 6.11. The third kappa shape index (κ3) is 1.39. The topological polar surface area (TPSA) is 32.9 Å². The van der Waals surface area contributed by atoms with E-state index in [2.05, 4.69) is 4.98 Å². The van der Waals surface area contributed by atoms with E-state index in [0.717, 1.165) is 17.0 Å². The second kappa shape index (κ2) is 2.88. The molecule has 0 aromatic carbocycles. The number of rotatable bonds is 2. The van der Waals surface area contributed by atoms with Crippen LogP contribution in [-0.4, -0.2) is 10.2 Å². The average Bonchev–Trinajstić information content (AvgIpc) is 2.77. The van der Waals surface area contributed by atoms with E-state index in [1.807, 2.05) is 13.8 Å². The second-order valence-electron chi connectivity index (χ2n) is 3.71. The highest BCUT2D eigenvalue weighted by molar-refractivity contribution is 6.68. The molecule has 1 aromatic heterocycles. The lowest BCUT2D eigenvalue weighted by atomic mass is 10.1. The Hall–Kier alpha value is -0.760. The van der Waals surface area contributed by atoms with E-state index in [4.69, 9.17) is 11.6 Å². The van der Waals surface area contributed by atoms with Crippen LogP contribution in [0.5, 0.6) is 0 Å². The molecule has 0 atom stereocenters. The molecule has 0 radical (unpaired) electrons. The van der Waals surface area contributed by atoms with Crippen molar-refractivity contribution in [1.29, 1.82) is 0 Å². The molecule has 3 heteroatoms. The van der Waals surface area contributed by atoms with E-state index in [0.29, 0.717) is 11.5 Å². The van der Waals surface area contributed by atoms with Crippen LogP contribution >= 0.6 is 11.6 Å². The summed E-state index contributed by atoms with van der Waals surface area (Å²) in [4.78, 5) is 14.4. The van der Waals surface area contributed by atoms with Crippen molar-refractivity contribution in [2.45, 2.75) is 32.6 Å². The van der Waals surface area contributed by atoms with Crippen molar-refractivity contribution in [3.8, 4) is 0 Å². The van der Waals surface area contributed by atoms with Crippen molar-refractivity contribution in [1.82, 2.24) is 4.98 Å². The van der Waals surface area contributed by atoms with E-state index in [9.17, 15) is 4.79 Å². The highest BCUT2D eigenvalue weighted by Crippen LogP contribution is 2.44. The molecule has 2 rings (SSSR count). The molecular weight excluding hydrogens is 186 g/mol. The van der Waals surface area contributed by atoms with Crippen LogP contribution in [0.2, 0.25) is 0 Å². The molecule has 13 heavy (non-hydrogen) atoms. The highest BCUT2D eigenvalue weighted by atomic mass is 35.5. The number of aromatic amines is 1. The first kappa shape index (κ1) is 8.82. The van der Waals surface area contributed by atoms with Gasteiger partial charge in [0.2, 0.25) is 0 Å². The van der Waals surface area contributed by atoms with E-state index >= 15 is 0 Å². The molecule has 2 nitrogen and oxygen atoms in total. The molecule has 0 saturated heterocycles. The lowest BCUT2D eigenvalue weighted by Gasteiger charge is -1.98. The van der Waals surface area contributed by atoms with Crippen LogP contribution in [0, 0.1) is 13.8 Å². The molecule has 1 aromatic rings. The third-order valence-corrected chi connectivity index (χ3v) is 2.79. The molecule has 1 aliphatic carbocycles. The van der Waals surface area contributed by atoms with Gasteiger partial charge < -0.3 is 4.98 Å². The van der Waals surface area contributed by atoms with Gasteiger partial charge in [0, 0.05) is 11.4 Å². The minimum atomic E-state index is -0.330. The maximum atomic E-state index is 11.2. The Labute approximate surface area is 82.3 Å². The second-order valence-corrected chi connectivity index (χ2v) is 4.05. The van der Waals surface area contributed by atoms with Crippen LogP contribution in [0.25, 0.3) is 0 Å². The fourth-order valence-electron chi connectivity index (χ4n) is 1.94. The van der Waals surface area contributed by atoms with Gasteiger partial charge in [-0.25, -0.2) is 0 Å². The molecule has 1 saturated carbocycles. The Morgan fingerprint density at radius 2 is 2.00 bits per heavy atom. The lowest BCUT2D eigenvalue weighted by Crippen LogP contribution is -1.94. The summed E-state index contributed by atoms with van der Waals surface area (Å²) in [5, 5.41) is -0.330. The quantitative estimate of drug-likeness (QED) is 0.727. The zero-order valence-electron chi connectivity index (χ0n) is 7.78. The summed E-state index contributed by atoms with van der Waals surface area (Å²) in [5.74, 6) is 0.572. The molecule has 0 bridgehead atoms. The summed E-state index contributed by atoms with van der Waals surface area (Å²) >= 11 is 5.54. The van der Waals surface area contributed by atoms with Crippen LogP contribution < -0.4 is 0 Å². The fourth-order valence-corrected chi connectivity index (χ4v) is 2.18. The number of hydrogen-bond acceptors (Lipinski definition) is 1. The molecule has 1 aliphatic rings. The minimum Gasteiger partial charge on any atom is -0.362 e. The number of carbonyl (C=O) groups is 1. The van der Waals surface area contributed by atoms with Crippen LogP contribution in [0.1, 0.15) is 46.1 Å². The molecule has 0 spiro atoms. The smallest absolute Gasteiger partial charge is 0.254 e. The van der Waals surface area contributed by atoms with Gasteiger partial charge in [-0.3, -0.25) is 4.79 Å². The normalized spacial score (nSPS) is 16.2. The summed E-state index contributed by atoms with van der Waals surface area (Å²) in [6.07, 6.45) is 2.38. The number of nitrogens with one attached hydrogen (secondary N) is 1. The fraction of sp³-hybridized carbons (Fsp3) is 0.500. The van der Waals surface area contributed by atoms with Gasteiger partial charge in [-0.05, 0) is 49.8 Å². The zero-order valence-corrected chi connectivity index (χ0v) is 8.53. The Bertz CT molecular complexity index is 363. The largest absolute Gasteiger partial charge is 0.362 e. The third-order valence-electron chi connectivity index (χ3n) is 2.61. The minimum absolute atomic E-state index is 0.330. The van der Waals surface area contributed by atoms with Gasteiger partial charge in [0.05, 0.1) is 5.56 Å². The van der Waals surface area contributed by atoms with E-state index in [1.54, 1.807) is 0 Å². The SMILES string of the molecule is Cc1[nH]c(C)c(C2CC2)c1C(=O)Cl. The molecule has 0 amide bonds. The van der Waals surface area contributed by atoms with Gasteiger partial charge in [-0.1, -0.05) is 0 Å². The zero-order chi connectivity index (χ0) is 9.59. The van der Waals surface area contributed by atoms with Gasteiger partial charge >= 0.3 is 0 Å². The van der Waals surface area contributed by atoms with Crippen molar-refractivity contribution < 1.29 is 4.79 Å². The van der Waals surface area contributed by atoms with Crippen molar-refractivity contribution in [2.24, 2.45) is 0 Å². The number of hydrogen-bond donors (Lipinski definition) is 1. The number of halogens is 1. The monoisotopic (exact) mass is 197 g/mol. The molecule has 0 unspecified atom stereocenters. The predicted octanol–water partition coefficient (Wildman–Crippen LogP) is 2.89. The molecular formula is C10H12ClNO. The van der Waals surface area contributed by atoms with Crippen LogP contribution in [0.4, 0.5) is 0 Å². The number of aromatic nitrogens is 1. The van der Waals surface area contributed by atoms with E-state index in [-0.39, 0.29) is 5.24 Å². The van der Waals surface area contributed by atoms with Crippen molar-refractivity contribution in [2.75, 3.05) is 0 Å². The van der Waals surface area contributed by atoms with Crippen molar-refractivity contribution >= 4 is 16.8 Å². The first-order valence-electron chi connectivity index (χ1n) is 4.50. The van der Waals surface area contributed by atoms with Gasteiger partial charge in [-0.2, -0.15) is 0 Å². The van der Waals surface area contributed by atoms with Crippen LogP contribution in [0.3, 0.4) is 0 Å². The summed E-state index contributed by atoms with van der Waals surface area (Å²) in [5.41, 5.74) is 3.86. The number of aryl methyl sites for hydroxylation is 2. The summed E-state index contributed by atoms with van der Waals surface area (Å²) < 4.78 is 0. The lowest BCUT2D eigenvalue weighted by molar-refractivity contribution is 0.108. The average molecular weight is 198 g/mol. The first-order valence-corrected chi connectivity index (χ1v) is 4.88. The van der Waals surface area contributed by atoms with E-state index in [1.165, 1.54) is 12.8 Å². The summed E-state index contributed by atoms with van der Waals surface area (Å²) in [6.45, 7) is 3.90. The molecule has 1 heterocycles.